The van der Waals surface area contributed by atoms with Gasteiger partial charge in [0.1, 0.15) is 5.82 Å². The second-order valence-electron chi connectivity index (χ2n) is 7.88. The van der Waals surface area contributed by atoms with Crippen LogP contribution < -0.4 is 5.32 Å². The second-order valence-corrected chi connectivity index (χ2v) is 9.43. The van der Waals surface area contributed by atoms with Crippen molar-refractivity contribution >= 4 is 28.8 Å². The summed E-state index contributed by atoms with van der Waals surface area (Å²) in [6.45, 7) is 1.48. The Morgan fingerprint density at radius 3 is 3.00 bits per heavy atom. The highest BCUT2D eigenvalue weighted by molar-refractivity contribution is 7.14. The topological polar surface area (TPSA) is 50.2 Å². The van der Waals surface area contributed by atoms with Crippen LogP contribution in [0.4, 0.5) is 4.39 Å². The van der Waals surface area contributed by atoms with Crippen molar-refractivity contribution < 1.29 is 9.18 Å². The monoisotopic (exact) mass is 446 g/mol. The molecule has 30 heavy (non-hydrogen) atoms. The van der Waals surface area contributed by atoms with E-state index < -0.39 is 0 Å². The molecule has 1 amide bonds. The number of rotatable bonds is 6. The summed E-state index contributed by atoms with van der Waals surface area (Å²) in [6.07, 6.45) is 4.08. The van der Waals surface area contributed by atoms with Crippen LogP contribution in [-0.2, 0) is 19.4 Å². The second kappa shape index (κ2) is 8.88. The molecule has 0 saturated carbocycles. The van der Waals surface area contributed by atoms with E-state index in [9.17, 15) is 9.18 Å². The summed E-state index contributed by atoms with van der Waals surface area (Å²) >= 11 is 7.89. The van der Waals surface area contributed by atoms with Crippen molar-refractivity contribution in [2.45, 2.75) is 31.8 Å². The van der Waals surface area contributed by atoms with E-state index in [1.54, 1.807) is 12.3 Å². The highest BCUT2D eigenvalue weighted by Gasteiger charge is 2.24. The molecular formula is C22H24ClFN4OS. The van der Waals surface area contributed by atoms with Gasteiger partial charge < -0.3 is 10.2 Å². The highest BCUT2D eigenvalue weighted by Crippen LogP contribution is 2.38. The van der Waals surface area contributed by atoms with Gasteiger partial charge in [-0.05, 0) is 57.1 Å². The minimum atomic E-state index is -0.266. The van der Waals surface area contributed by atoms with E-state index in [-0.39, 0.29) is 17.8 Å². The average molecular weight is 447 g/mol. The molecule has 5 nitrogen and oxygen atoms in total. The fourth-order valence-corrected chi connectivity index (χ4v) is 5.27. The highest BCUT2D eigenvalue weighted by atomic mass is 35.5. The lowest BCUT2D eigenvalue weighted by molar-refractivity contribution is 0.0934. The number of carbonyl (C=O) groups is 1. The number of aryl methyl sites for hydroxylation is 2. The van der Waals surface area contributed by atoms with Crippen LogP contribution in [-0.4, -0.2) is 47.3 Å². The quantitative estimate of drug-likeness (QED) is 0.615. The van der Waals surface area contributed by atoms with Gasteiger partial charge in [0.05, 0.1) is 21.8 Å². The lowest BCUT2D eigenvalue weighted by Gasteiger charge is -2.22. The molecule has 1 aliphatic heterocycles. The number of fused-ring (bicyclic) bond motifs is 3. The van der Waals surface area contributed by atoms with E-state index in [2.05, 4.69) is 10.4 Å². The molecule has 0 bridgehead atoms. The predicted molar refractivity (Wildman–Crippen MR) is 119 cm³/mol. The Bertz CT molecular complexity index is 1060. The van der Waals surface area contributed by atoms with Gasteiger partial charge in [-0.3, -0.25) is 9.48 Å². The number of halogens is 2. The molecular weight excluding hydrogens is 423 g/mol. The Morgan fingerprint density at radius 1 is 1.40 bits per heavy atom. The number of amides is 1. The molecule has 3 aromatic rings. The summed E-state index contributed by atoms with van der Waals surface area (Å²) in [7, 11) is 3.92. The summed E-state index contributed by atoms with van der Waals surface area (Å²) < 4.78 is 15.5. The standard InChI is InChI=1S/C22H24ClFN4OS/c1-27(2)13-16(10-14-5-3-6-15(24)9-14)26-22(29)20-11-17-19(30-20)7-4-8-28-21(17)18(23)12-25-28/h3,5-6,9,11-12,16H,4,7-8,10,13H2,1-2H3,(H,26,29)/t16-/m0/s1. The number of aromatic nitrogens is 2. The van der Waals surface area contributed by atoms with E-state index >= 15 is 0 Å². The fourth-order valence-electron chi connectivity index (χ4n) is 3.92. The molecule has 0 fully saturated rings. The molecule has 4 rings (SSSR count). The lowest BCUT2D eigenvalue weighted by Crippen LogP contribution is -2.43. The lowest BCUT2D eigenvalue weighted by atomic mass is 10.1. The number of hydrogen-bond acceptors (Lipinski definition) is 4. The SMILES string of the molecule is CN(C)C[C@H](Cc1cccc(F)c1)NC(=O)c1cc2c(s1)CCCn1ncc(Cl)c1-2. The zero-order valence-electron chi connectivity index (χ0n) is 17.0. The Balaban J connectivity index is 1.56. The molecule has 158 valence electrons. The Hall–Kier alpha value is -2.22. The van der Waals surface area contributed by atoms with Crippen LogP contribution in [0.15, 0.2) is 36.5 Å². The van der Waals surface area contributed by atoms with Crippen LogP contribution in [0.1, 0.15) is 26.5 Å². The maximum absolute atomic E-state index is 13.6. The first kappa shape index (κ1) is 21.0. The average Bonchev–Trinajstić information content (AvgIpc) is 3.20. The summed E-state index contributed by atoms with van der Waals surface area (Å²) in [5, 5.41) is 8.11. The van der Waals surface area contributed by atoms with Gasteiger partial charge in [-0.25, -0.2) is 4.39 Å². The Labute approximate surface area is 184 Å². The molecule has 0 unspecified atom stereocenters. The zero-order valence-corrected chi connectivity index (χ0v) is 18.6. The number of carbonyl (C=O) groups excluding carboxylic acids is 1. The van der Waals surface area contributed by atoms with E-state index in [1.807, 2.05) is 35.8 Å². The van der Waals surface area contributed by atoms with Crippen LogP contribution >= 0.6 is 22.9 Å². The van der Waals surface area contributed by atoms with E-state index in [4.69, 9.17) is 11.6 Å². The molecule has 0 aliphatic carbocycles. The van der Waals surface area contributed by atoms with Crippen molar-refractivity contribution in [1.82, 2.24) is 20.0 Å². The minimum Gasteiger partial charge on any atom is -0.347 e. The summed E-state index contributed by atoms with van der Waals surface area (Å²) in [4.78, 5) is 16.9. The van der Waals surface area contributed by atoms with Crippen LogP contribution in [0, 0.1) is 5.82 Å². The summed E-state index contributed by atoms with van der Waals surface area (Å²) in [5.41, 5.74) is 2.75. The fraction of sp³-hybridized carbons (Fsp3) is 0.364. The molecule has 1 N–H and O–H groups in total. The van der Waals surface area contributed by atoms with Gasteiger partial charge >= 0.3 is 0 Å². The van der Waals surface area contributed by atoms with Crippen LogP contribution in [0.25, 0.3) is 11.3 Å². The van der Waals surface area contributed by atoms with Gasteiger partial charge in [0.2, 0.25) is 0 Å². The third kappa shape index (κ3) is 4.58. The van der Waals surface area contributed by atoms with Gasteiger partial charge in [-0.2, -0.15) is 5.10 Å². The van der Waals surface area contributed by atoms with E-state index in [0.717, 1.165) is 41.1 Å². The van der Waals surface area contributed by atoms with Gasteiger partial charge in [-0.1, -0.05) is 23.7 Å². The molecule has 1 atom stereocenters. The molecule has 0 saturated heterocycles. The first-order chi connectivity index (χ1) is 14.4. The number of thiophene rings is 1. The van der Waals surface area contributed by atoms with Crippen molar-refractivity contribution in [2.75, 3.05) is 20.6 Å². The van der Waals surface area contributed by atoms with Crippen molar-refractivity contribution in [2.24, 2.45) is 0 Å². The molecule has 0 spiro atoms. The largest absolute Gasteiger partial charge is 0.347 e. The minimum absolute atomic E-state index is 0.112. The molecule has 1 aliphatic rings. The van der Waals surface area contributed by atoms with Gasteiger partial charge in [-0.15, -0.1) is 11.3 Å². The van der Waals surface area contributed by atoms with E-state index in [0.29, 0.717) is 22.9 Å². The third-order valence-corrected chi connectivity index (χ3v) is 6.62. The molecule has 1 aromatic carbocycles. The summed E-state index contributed by atoms with van der Waals surface area (Å²) in [5.74, 6) is -0.378. The number of benzene rings is 1. The molecule has 3 heterocycles. The van der Waals surface area contributed by atoms with Crippen LogP contribution in [0.5, 0.6) is 0 Å². The van der Waals surface area contributed by atoms with Gasteiger partial charge in [0.15, 0.2) is 0 Å². The summed E-state index contributed by atoms with van der Waals surface area (Å²) in [6, 6.07) is 8.32. The Morgan fingerprint density at radius 2 is 2.23 bits per heavy atom. The maximum atomic E-state index is 13.6. The molecule has 0 radical (unpaired) electrons. The zero-order chi connectivity index (χ0) is 21.3. The molecule has 2 aromatic heterocycles. The van der Waals surface area contributed by atoms with Crippen molar-refractivity contribution in [1.29, 1.82) is 0 Å². The van der Waals surface area contributed by atoms with E-state index in [1.165, 1.54) is 23.5 Å². The van der Waals surface area contributed by atoms with Crippen LogP contribution in [0.3, 0.4) is 0 Å². The first-order valence-corrected chi connectivity index (χ1v) is 11.1. The normalized spacial score (nSPS) is 14.2. The van der Waals surface area contributed by atoms with Gasteiger partial charge in [0.25, 0.3) is 5.91 Å². The van der Waals surface area contributed by atoms with Crippen molar-refractivity contribution in [3.05, 3.63) is 62.7 Å². The maximum Gasteiger partial charge on any atom is 0.261 e. The number of nitrogens with zero attached hydrogens (tertiary/aromatic N) is 3. The molecule has 8 heteroatoms. The number of nitrogens with one attached hydrogen (secondary N) is 1. The predicted octanol–water partition coefficient (Wildman–Crippen LogP) is 4.25. The van der Waals surface area contributed by atoms with Crippen LogP contribution in [0.2, 0.25) is 5.02 Å². The Kier molecular flexibility index (Phi) is 6.22. The van der Waals surface area contributed by atoms with Gasteiger partial charge in [0, 0.05) is 29.6 Å². The smallest absolute Gasteiger partial charge is 0.261 e. The third-order valence-electron chi connectivity index (χ3n) is 5.15. The first-order valence-electron chi connectivity index (χ1n) is 9.95. The van der Waals surface area contributed by atoms with Crippen molar-refractivity contribution in [3.8, 4) is 11.3 Å². The number of likely N-dealkylation sites (N-methyl/N-ethyl adjacent to an activating group) is 1. The number of hydrogen-bond donors (Lipinski definition) is 1. The van der Waals surface area contributed by atoms with Crippen molar-refractivity contribution in [3.63, 3.8) is 0 Å².